The Hall–Kier alpha value is -1.88. The fourth-order valence-corrected chi connectivity index (χ4v) is 1.49. The van der Waals surface area contributed by atoms with Gasteiger partial charge in [-0.25, -0.2) is 0 Å². The highest BCUT2D eigenvalue weighted by molar-refractivity contribution is 5.97. The summed E-state index contributed by atoms with van der Waals surface area (Å²) >= 11 is 0. The van der Waals surface area contributed by atoms with Gasteiger partial charge in [0.05, 0.1) is 6.61 Å². The van der Waals surface area contributed by atoms with E-state index in [0.29, 0.717) is 5.56 Å². The van der Waals surface area contributed by atoms with Crippen LogP contribution in [0.3, 0.4) is 0 Å². The number of aliphatic hydroxyl groups excluding tert-OH is 1. The number of nitrogens with one attached hydrogen (secondary N) is 2. The SMILES string of the molecule is CNC(=O)C(CO)NC(=O)c1ccc(C)c(C)c1. The molecule has 1 atom stereocenters. The molecule has 18 heavy (non-hydrogen) atoms. The number of amides is 2. The Bertz CT molecular complexity index is 458. The molecule has 0 aliphatic rings. The second-order valence-corrected chi connectivity index (χ2v) is 4.12. The average molecular weight is 250 g/mol. The van der Waals surface area contributed by atoms with E-state index < -0.39 is 18.6 Å². The number of rotatable bonds is 4. The van der Waals surface area contributed by atoms with E-state index >= 15 is 0 Å². The average Bonchev–Trinajstić information content (AvgIpc) is 2.37. The first-order chi connectivity index (χ1) is 8.49. The number of hydrogen-bond acceptors (Lipinski definition) is 3. The molecule has 5 nitrogen and oxygen atoms in total. The number of carbonyl (C=O) groups is 2. The highest BCUT2D eigenvalue weighted by atomic mass is 16.3. The largest absolute Gasteiger partial charge is 0.394 e. The third-order valence-corrected chi connectivity index (χ3v) is 2.82. The highest BCUT2D eigenvalue weighted by Crippen LogP contribution is 2.09. The van der Waals surface area contributed by atoms with Crippen molar-refractivity contribution >= 4 is 11.8 Å². The summed E-state index contributed by atoms with van der Waals surface area (Å²) in [6.07, 6.45) is 0. The first-order valence-electron chi connectivity index (χ1n) is 5.70. The number of likely N-dealkylation sites (N-methyl/N-ethyl adjacent to an activating group) is 1. The molecule has 1 aromatic carbocycles. The first-order valence-corrected chi connectivity index (χ1v) is 5.70. The fraction of sp³-hybridized carbons (Fsp3) is 0.385. The van der Waals surface area contributed by atoms with Gasteiger partial charge in [0, 0.05) is 12.6 Å². The Labute approximate surface area is 106 Å². The number of carbonyl (C=O) groups excluding carboxylic acids is 2. The van der Waals surface area contributed by atoms with Crippen molar-refractivity contribution < 1.29 is 14.7 Å². The minimum absolute atomic E-state index is 0.374. The van der Waals surface area contributed by atoms with E-state index in [-0.39, 0.29) is 5.91 Å². The third-order valence-electron chi connectivity index (χ3n) is 2.82. The standard InChI is InChI=1S/C13H18N2O3/c1-8-4-5-10(6-9(8)2)12(17)15-11(7-16)13(18)14-3/h4-6,11,16H,7H2,1-3H3,(H,14,18)(H,15,17). The lowest BCUT2D eigenvalue weighted by atomic mass is 10.1. The molecule has 1 rings (SSSR count). The molecule has 0 aliphatic carbocycles. The maximum absolute atomic E-state index is 11.9. The molecule has 1 aromatic rings. The van der Waals surface area contributed by atoms with Gasteiger partial charge in [0.25, 0.3) is 5.91 Å². The van der Waals surface area contributed by atoms with Crippen molar-refractivity contribution in [3.63, 3.8) is 0 Å². The van der Waals surface area contributed by atoms with Gasteiger partial charge in [0.1, 0.15) is 6.04 Å². The number of benzene rings is 1. The van der Waals surface area contributed by atoms with Crippen LogP contribution in [0.4, 0.5) is 0 Å². The molecule has 0 radical (unpaired) electrons. The molecular formula is C13H18N2O3. The van der Waals surface area contributed by atoms with Crippen LogP contribution in [0.25, 0.3) is 0 Å². The van der Waals surface area contributed by atoms with Gasteiger partial charge in [-0.1, -0.05) is 6.07 Å². The Morgan fingerprint density at radius 1 is 1.28 bits per heavy atom. The van der Waals surface area contributed by atoms with Gasteiger partial charge in [0.2, 0.25) is 5.91 Å². The van der Waals surface area contributed by atoms with E-state index in [1.54, 1.807) is 12.1 Å². The highest BCUT2D eigenvalue weighted by Gasteiger charge is 2.19. The number of aryl methyl sites for hydroxylation is 2. The van der Waals surface area contributed by atoms with Gasteiger partial charge < -0.3 is 15.7 Å². The minimum atomic E-state index is -0.927. The summed E-state index contributed by atoms with van der Waals surface area (Å²) < 4.78 is 0. The van der Waals surface area contributed by atoms with Gasteiger partial charge in [-0.2, -0.15) is 0 Å². The van der Waals surface area contributed by atoms with Crippen LogP contribution in [0.1, 0.15) is 21.5 Å². The zero-order valence-electron chi connectivity index (χ0n) is 10.8. The van der Waals surface area contributed by atoms with Crippen molar-refractivity contribution in [1.29, 1.82) is 0 Å². The molecule has 0 aliphatic heterocycles. The molecule has 1 unspecified atom stereocenters. The van der Waals surface area contributed by atoms with E-state index in [1.807, 2.05) is 19.9 Å². The van der Waals surface area contributed by atoms with Gasteiger partial charge in [-0.15, -0.1) is 0 Å². The summed E-state index contributed by atoms with van der Waals surface area (Å²) in [7, 11) is 1.45. The van der Waals surface area contributed by atoms with Crippen molar-refractivity contribution in [2.45, 2.75) is 19.9 Å². The summed E-state index contributed by atoms with van der Waals surface area (Å²) in [6.45, 7) is 3.43. The summed E-state index contributed by atoms with van der Waals surface area (Å²) in [5, 5.41) is 13.9. The second-order valence-electron chi connectivity index (χ2n) is 4.12. The zero-order chi connectivity index (χ0) is 13.7. The Kier molecular flexibility index (Phi) is 4.85. The Morgan fingerprint density at radius 2 is 1.94 bits per heavy atom. The monoisotopic (exact) mass is 250 g/mol. The van der Waals surface area contributed by atoms with Gasteiger partial charge in [-0.05, 0) is 37.1 Å². The molecule has 0 aromatic heterocycles. The van der Waals surface area contributed by atoms with Crippen LogP contribution >= 0.6 is 0 Å². The van der Waals surface area contributed by atoms with E-state index in [2.05, 4.69) is 10.6 Å². The van der Waals surface area contributed by atoms with Gasteiger partial charge in [-0.3, -0.25) is 9.59 Å². The lowest BCUT2D eigenvalue weighted by Gasteiger charge is -2.15. The minimum Gasteiger partial charge on any atom is -0.394 e. The van der Waals surface area contributed by atoms with Crippen LogP contribution in [0.15, 0.2) is 18.2 Å². The molecule has 0 fully saturated rings. The number of aliphatic hydroxyl groups is 1. The topological polar surface area (TPSA) is 78.4 Å². The van der Waals surface area contributed by atoms with Crippen LogP contribution in [-0.4, -0.2) is 36.6 Å². The Balaban J connectivity index is 2.81. The lowest BCUT2D eigenvalue weighted by Crippen LogP contribution is -2.47. The maximum atomic E-state index is 11.9. The summed E-state index contributed by atoms with van der Waals surface area (Å²) in [6, 6.07) is 4.36. The third kappa shape index (κ3) is 3.30. The summed E-state index contributed by atoms with van der Waals surface area (Å²) in [5.41, 5.74) is 2.57. The smallest absolute Gasteiger partial charge is 0.252 e. The van der Waals surface area contributed by atoms with Crippen molar-refractivity contribution in [2.75, 3.05) is 13.7 Å². The maximum Gasteiger partial charge on any atom is 0.252 e. The molecule has 0 heterocycles. The predicted octanol–water partition coefficient (Wildman–Crippen LogP) is 0.140. The van der Waals surface area contributed by atoms with Crippen molar-refractivity contribution in [3.05, 3.63) is 34.9 Å². The quantitative estimate of drug-likeness (QED) is 0.711. The molecule has 0 spiro atoms. The van der Waals surface area contributed by atoms with Crippen LogP contribution < -0.4 is 10.6 Å². The molecule has 5 heteroatoms. The van der Waals surface area contributed by atoms with Gasteiger partial charge >= 0.3 is 0 Å². The van der Waals surface area contributed by atoms with Crippen LogP contribution in [0.5, 0.6) is 0 Å². The van der Waals surface area contributed by atoms with E-state index in [1.165, 1.54) is 7.05 Å². The van der Waals surface area contributed by atoms with Crippen molar-refractivity contribution in [1.82, 2.24) is 10.6 Å². The van der Waals surface area contributed by atoms with E-state index in [0.717, 1.165) is 11.1 Å². The molecule has 0 saturated heterocycles. The normalized spacial score (nSPS) is 11.8. The van der Waals surface area contributed by atoms with Gasteiger partial charge in [0.15, 0.2) is 0 Å². The Morgan fingerprint density at radius 3 is 2.44 bits per heavy atom. The number of hydrogen-bond donors (Lipinski definition) is 3. The molecule has 2 amide bonds. The fourth-order valence-electron chi connectivity index (χ4n) is 1.49. The zero-order valence-corrected chi connectivity index (χ0v) is 10.8. The van der Waals surface area contributed by atoms with Crippen LogP contribution in [0.2, 0.25) is 0 Å². The second kappa shape index (κ2) is 6.16. The van der Waals surface area contributed by atoms with Crippen LogP contribution in [0, 0.1) is 13.8 Å². The molecule has 3 N–H and O–H groups in total. The summed E-state index contributed by atoms with van der Waals surface area (Å²) in [4.78, 5) is 23.2. The predicted molar refractivity (Wildman–Crippen MR) is 68.3 cm³/mol. The molecule has 0 saturated carbocycles. The van der Waals surface area contributed by atoms with E-state index in [4.69, 9.17) is 5.11 Å². The lowest BCUT2D eigenvalue weighted by molar-refractivity contribution is -0.123. The van der Waals surface area contributed by atoms with Crippen molar-refractivity contribution in [3.8, 4) is 0 Å². The molecular weight excluding hydrogens is 232 g/mol. The van der Waals surface area contributed by atoms with Crippen LogP contribution in [-0.2, 0) is 4.79 Å². The molecule has 0 bridgehead atoms. The molecule has 98 valence electrons. The first kappa shape index (κ1) is 14.2. The van der Waals surface area contributed by atoms with E-state index in [9.17, 15) is 9.59 Å². The summed E-state index contributed by atoms with van der Waals surface area (Å²) in [5.74, 6) is -0.796. The van der Waals surface area contributed by atoms with Crippen molar-refractivity contribution in [2.24, 2.45) is 0 Å².